The molecular weight excluding hydrogens is 232 g/mol. The maximum atomic E-state index is 10.8. The molecule has 17 heavy (non-hydrogen) atoms. The molecule has 0 aromatic rings. The predicted octanol–water partition coefficient (Wildman–Crippen LogP) is 2.12. The Morgan fingerprint density at radius 2 is 2.29 bits per heavy atom. The highest BCUT2D eigenvalue weighted by molar-refractivity contribution is 7.99. The van der Waals surface area contributed by atoms with Crippen molar-refractivity contribution in [3.05, 3.63) is 0 Å². The van der Waals surface area contributed by atoms with Crippen LogP contribution in [0.2, 0.25) is 0 Å². The summed E-state index contributed by atoms with van der Waals surface area (Å²) in [5.41, 5.74) is 0. The molecule has 0 unspecified atom stereocenters. The van der Waals surface area contributed by atoms with Gasteiger partial charge in [0.25, 0.3) is 0 Å². The molecule has 0 aliphatic carbocycles. The predicted molar refractivity (Wildman–Crippen MR) is 75.5 cm³/mol. The summed E-state index contributed by atoms with van der Waals surface area (Å²) >= 11 is 2.10. The monoisotopic (exact) mass is 258 g/mol. The molecule has 1 atom stereocenters. The van der Waals surface area contributed by atoms with Crippen LogP contribution in [-0.2, 0) is 4.79 Å². The van der Waals surface area contributed by atoms with Crippen molar-refractivity contribution in [2.45, 2.75) is 44.8 Å². The lowest BCUT2D eigenvalue weighted by Gasteiger charge is -2.23. The molecule has 4 heteroatoms. The SMILES string of the molecule is CCS[C@H]1CCCCN(CCCNC(C)=O)C1. The Hall–Kier alpha value is -0.220. The van der Waals surface area contributed by atoms with E-state index >= 15 is 0 Å². The number of likely N-dealkylation sites (tertiary alicyclic amines) is 1. The maximum absolute atomic E-state index is 10.8. The second-order valence-electron chi connectivity index (χ2n) is 4.71. The Kier molecular flexibility index (Phi) is 7.69. The van der Waals surface area contributed by atoms with Crippen LogP contribution in [0.15, 0.2) is 0 Å². The van der Waals surface area contributed by atoms with Crippen LogP contribution in [0.1, 0.15) is 39.5 Å². The van der Waals surface area contributed by atoms with E-state index in [0.29, 0.717) is 0 Å². The third-order valence-corrected chi connectivity index (χ3v) is 4.33. The van der Waals surface area contributed by atoms with Crippen LogP contribution in [0.3, 0.4) is 0 Å². The summed E-state index contributed by atoms with van der Waals surface area (Å²) in [6.45, 7) is 8.24. The van der Waals surface area contributed by atoms with E-state index in [2.05, 4.69) is 28.9 Å². The number of carbonyl (C=O) groups is 1. The summed E-state index contributed by atoms with van der Waals surface area (Å²) in [7, 11) is 0. The van der Waals surface area contributed by atoms with E-state index in [4.69, 9.17) is 0 Å². The molecule has 1 aliphatic heterocycles. The van der Waals surface area contributed by atoms with E-state index < -0.39 is 0 Å². The molecule has 3 nitrogen and oxygen atoms in total. The Morgan fingerprint density at radius 3 is 3.00 bits per heavy atom. The Labute approximate surface area is 110 Å². The zero-order chi connectivity index (χ0) is 12.5. The van der Waals surface area contributed by atoms with Crippen LogP contribution >= 0.6 is 11.8 Å². The molecule has 100 valence electrons. The fraction of sp³-hybridized carbons (Fsp3) is 0.923. The Bertz CT molecular complexity index is 223. The summed E-state index contributed by atoms with van der Waals surface area (Å²) in [6.07, 6.45) is 5.16. The van der Waals surface area contributed by atoms with Crippen molar-refractivity contribution in [3.63, 3.8) is 0 Å². The quantitative estimate of drug-likeness (QED) is 0.741. The summed E-state index contributed by atoms with van der Waals surface area (Å²) in [5, 5.41) is 3.69. The van der Waals surface area contributed by atoms with Gasteiger partial charge in [-0.1, -0.05) is 13.3 Å². The molecule has 0 saturated carbocycles. The molecular formula is C13H26N2OS. The normalized spacial score (nSPS) is 22.1. The van der Waals surface area contributed by atoms with Crippen molar-refractivity contribution >= 4 is 17.7 Å². The van der Waals surface area contributed by atoms with E-state index in [1.165, 1.54) is 38.1 Å². The number of rotatable bonds is 6. The molecule has 1 N–H and O–H groups in total. The number of amides is 1. The van der Waals surface area contributed by atoms with E-state index in [9.17, 15) is 4.79 Å². The zero-order valence-corrected chi connectivity index (χ0v) is 12.0. The third-order valence-electron chi connectivity index (χ3n) is 3.14. The van der Waals surface area contributed by atoms with Gasteiger partial charge in [0, 0.05) is 25.3 Å². The van der Waals surface area contributed by atoms with Crippen molar-refractivity contribution in [1.82, 2.24) is 10.2 Å². The van der Waals surface area contributed by atoms with Crippen molar-refractivity contribution in [2.75, 3.05) is 31.9 Å². The molecule has 1 heterocycles. The minimum atomic E-state index is 0.0836. The van der Waals surface area contributed by atoms with E-state index in [1.807, 2.05) is 0 Å². The summed E-state index contributed by atoms with van der Waals surface area (Å²) < 4.78 is 0. The van der Waals surface area contributed by atoms with Crippen molar-refractivity contribution in [2.24, 2.45) is 0 Å². The van der Waals surface area contributed by atoms with Crippen LogP contribution < -0.4 is 5.32 Å². The largest absolute Gasteiger partial charge is 0.356 e. The molecule has 0 radical (unpaired) electrons. The van der Waals surface area contributed by atoms with Gasteiger partial charge in [0.15, 0.2) is 0 Å². The van der Waals surface area contributed by atoms with Gasteiger partial charge < -0.3 is 10.2 Å². The summed E-state index contributed by atoms with van der Waals surface area (Å²) in [5.74, 6) is 1.31. The lowest BCUT2D eigenvalue weighted by atomic mass is 10.2. The molecule has 1 rings (SSSR count). The van der Waals surface area contributed by atoms with Gasteiger partial charge >= 0.3 is 0 Å². The summed E-state index contributed by atoms with van der Waals surface area (Å²) in [6, 6.07) is 0. The van der Waals surface area contributed by atoms with E-state index in [-0.39, 0.29) is 5.91 Å². The third kappa shape index (κ3) is 6.94. The fourth-order valence-corrected chi connectivity index (χ4v) is 3.44. The molecule has 0 spiro atoms. The van der Waals surface area contributed by atoms with Crippen molar-refractivity contribution in [1.29, 1.82) is 0 Å². The number of carbonyl (C=O) groups excluding carboxylic acids is 1. The lowest BCUT2D eigenvalue weighted by molar-refractivity contribution is -0.118. The van der Waals surface area contributed by atoms with Crippen LogP contribution in [0, 0.1) is 0 Å². The molecule has 1 aliphatic rings. The average Bonchev–Trinajstić information content (AvgIpc) is 2.50. The van der Waals surface area contributed by atoms with E-state index in [1.54, 1.807) is 6.92 Å². The molecule has 1 saturated heterocycles. The van der Waals surface area contributed by atoms with Gasteiger partial charge in [-0.15, -0.1) is 0 Å². The zero-order valence-electron chi connectivity index (χ0n) is 11.2. The number of nitrogens with zero attached hydrogens (tertiary/aromatic N) is 1. The average molecular weight is 258 g/mol. The molecule has 0 aromatic carbocycles. The first-order chi connectivity index (χ1) is 8.22. The van der Waals surface area contributed by atoms with Gasteiger partial charge in [-0.25, -0.2) is 0 Å². The second kappa shape index (κ2) is 8.81. The first-order valence-corrected chi connectivity index (χ1v) is 7.85. The molecule has 0 aromatic heterocycles. The first-order valence-electron chi connectivity index (χ1n) is 6.80. The van der Waals surface area contributed by atoms with Crippen LogP contribution in [-0.4, -0.2) is 48.0 Å². The van der Waals surface area contributed by atoms with E-state index in [0.717, 1.165) is 24.8 Å². The smallest absolute Gasteiger partial charge is 0.216 e. The van der Waals surface area contributed by atoms with Gasteiger partial charge in [-0.05, 0) is 38.1 Å². The van der Waals surface area contributed by atoms with Crippen LogP contribution in [0.25, 0.3) is 0 Å². The molecule has 1 fully saturated rings. The Balaban J connectivity index is 2.19. The second-order valence-corrected chi connectivity index (χ2v) is 6.29. The number of hydrogen-bond donors (Lipinski definition) is 1. The van der Waals surface area contributed by atoms with Gasteiger partial charge in [-0.2, -0.15) is 11.8 Å². The highest BCUT2D eigenvalue weighted by Crippen LogP contribution is 2.21. The number of thioether (sulfide) groups is 1. The van der Waals surface area contributed by atoms with Gasteiger partial charge in [0.1, 0.15) is 0 Å². The van der Waals surface area contributed by atoms with Gasteiger partial charge in [0.2, 0.25) is 5.91 Å². The standard InChI is InChI=1S/C13H26N2OS/c1-3-17-13-7-4-5-9-15(11-13)10-6-8-14-12(2)16/h13H,3-11H2,1-2H3,(H,14,16)/t13-/m0/s1. The van der Waals surface area contributed by atoms with Crippen molar-refractivity contribution in [3.8, 4) is 0 Å². The number of nitrogens with one attached hydrogen (secondary N) is 1. The van der Waals surface area contributed by atoms with Crippen molar-refractivity contribution < 1.29 is 4.79 Å². The highest BCUT2D eigenvalue weighted by Gasteiger charge is 2.17. The van der Waals surface area contributed by atoms with Crippen LogP contribution in [0.5, 0.6) is 0 Å². The van der Waals surface area contributed by atoms with Gasteiger partial charge in [0.05, 0.1) is 0 Å². The van der Waals surface area contributed by atoms with Gasteiger partial charge in [-0.3, -0.25) is 4.79 Å². The lowest BCUT2D eigenvalue weighted by Crippen LogP contribution is -2.33. The minimum absolute atomic E-state index is 0.0836. The molecule has 1 amide bonds. The number of hydrogen-bond acceptors (Lipinski definition) is 3. The summed E-state index contributed by atoms with van der Waals surface area (Å²) in [4.78, 5) is 13.3. The Morgan fingerprint density at radius 1 is 1.47 bits per heavy atom. The topological polar surface area (TPSA) is 32.3 Å². The minimum Gasteiger partial charge on any atom is -0.356 e. The highest BCUT2D eigenvalue weighted by atomic mass is 32.2. The van der Waals surface area contributed by atoms with Crippen LogP contribution in [0.4, 0.5) is 0 Å². The molecule has 0 bridgehead atoms. The maximum Gasteiger partial charge on any atom is 0.216 e. The fourth-order valence-electron chi connectivity index (χ4n) is 2.32. The first kappa shape index (κ1) is 14.8.